The van der Waals surface area contributed by atoms with E-state index < -0.39 is 0 Å². The van der Waals surface area contributed by atoms with Gasteiger partial charge in [0.25, 0.3) is 5.91 Å². The van der Waals surface area contributed by atoms with Crippen LogP contribution in [0.3, 0.4) is 0 Å². The second-order valence-electron chi connectivity index (χ2n) is 6.30. The zero-order valence-electron chi connectivity index (χ0n) is 15.8. The molecule has 0 bridgehead atoms. The van der Waals surface area contributed by atoms with Crippen LogP contribution in [0.4, 0.5) is 5.69 Å². The molecular weight excluding hydrogens is 433 g/mol. The third-order valence-electron chi connectivity index (χ3n) is 4.24. The van der Waals surface area contributed by atoms with Gasteiger partial charge in [-0.2, -0.15) is 0 Å². The van der Waals surface area contributed by atoms with Crippen molar-refractivity contribution in [3.05, 3.63) is 86.4 Å². The number of rotatable bonds is 6. The van der Waals surface area contributed by atoms with Crippen LogP contribution in [0.2, 0.25) is 15.1 Å². The maximum Gasteiger partial charge on any atom is 0.255 e. The van der Waals surface area contributed by atoms with Crippen molar-refractivity contribution in [3.8, 4) is 11.5 Å². The molecule has 0 heterocycles. The summed E-state index contributed by atoms with van der Waals surface area (Å²) in [5, 5.41) is 4.32. The van der Waals surface area contributed by atoms with E-state index >= 15 is 0 Å². The van der Waals surface area contributed by atoms with Crippen LogP contribution in [0.1, 0.15) is 21.5 Å². The molecule has 0 spiro atoms. The molecule has 3 aromatic rings. The lowest BCUT2D eigenvalue weighted by Gasteiger charge is -2.13. The summed E-state index contributed by atoms with van der Waals surface area (Å²) >= 11 is 18.2. The summed E-state index contributed by atoms with van der Waals surface area (Å²) in [6.07, 6.45) is 0. The summed E-state index contributed by atoms with van der Waals surface area (Å²) in [5.74, 6) is 0.975. The van der Waals surface area contributed by atoms with E-state index in [2.05, 4.69) is 5.32 Å². The summed E-state index contributed by atoms with van der Waals surface area (Å²) in [7, 11) is 1.57. The molecule has 150 valence electrons. The largest absolute Gasteiger partial charge is 0.496 e. The van der Waals surface area contributed by atoms with Crippen LogP contribution in [0.15, 0.2) is 54.6 Å². The number of carbonyl (C=O) groups is 1. The van der Waals surface area contributed by atoms with Crippen molar-refractivity contribution in [3.63, 3.8) is 0 Å². The van der Waals surface area contributed by atoms with Crippen molar-refractivity contribution in [2.24, 2.45) is 0 Å². The quantitative estimate of drug-likeness (QED) is 0.449. The van der Waals surface area contributed by atoms with Crippen molar-refractivity contribution in [2.75, 3.05) is 12.4 Å². The summed E-state index contributed by atoms with van der Waals surface area (Å²) in [5.41, 5.74) is 2.52. The van der Waals surface area contributed by atoms with Gasteiger partial charge < -0.3 is 14.8 Å². The molecule has 29 heavy (non-hydrogen) atoms. The Balaban J connectivity index is 1.79. The minimum atomic E-state index is -0.319. The van der Waals surface area contributed by atoms with E-state index in [9.17, 15) is 4.79 Å². The Kier molecular flexibility index (Phi) is 6.91. The van der Waals surface area contributed by atoms with Crippen LogP contribution in [-0.4, -0.2) is 13.0 Å². The summed E-state index contributed by atoms with van der Waals surface area (Å²) in [6, 6.07) is 15.4. The Morgan fingerprint density at radius 2 is 1.72 bits per heavy atom. The van der Waals surface area contributed by atoms with Gasteiger partial charge in [0.2, 0.25) is 0 Å². The Labute approximate surface area is 184 Å². The highest BCUT2D eigenvalue weighted by molar-refractivity contribution is 6.36. The number of carbonyl (C=O) groups excluding carboxylic acids is 1. The van der Waals surface area contributed by atoms with Crippen LogP contribution >= 0.6 is 34.8 Å². The number of hydrogen-bond donors (Lipinski definition) is 1. The average molecular weight is 451 g/mol. The van der Waals surface area contributed by atoms with Crippen molar-refractivity contribution in [1.29, 1.82) is 0 Å². The maximum atomic E-state index is 12.7. The highest BCUT2D eigenvalue weighted by atomic mass is 35.5. The number of benzene rings is 3. The summed E-state index contributed by atoms with van der Waals surface area (Å²) in [4.78, 5) is 12.7. The Bertz CT molecular complexity index is 1050. The monoisotopic (exact) mass is 449 g/mol. The predicted octanol–water partition coefficient (Wildman–Crippen LogP) is 6.80. The molecule has 7 heteroatoms. The number of halogens is 3. The van der Waals surface area contributed by atoms with Crippen LogP contribution < -0.4 is 14.8 Å². The lowest BCUT2D eigenvalue weighted by atomic mass is 10.1. The van der Waals surface area contributed by atoms with E-state index in [0.29, 0.717) is 37.8 Å². The van der Waals surface area contributed by atoms with Crippen molar-refractivity contribution >= 4 is 46.4 Å². The summed E-state index contributed by atoms with van der Waals surface area (Å²) in [6.45, 7) is 2.13. The molecule has 0 aliphatic heterocycles. The van der Waals surface area contributed by atoms with Gasteiger partial charge in [0.1, 0.15) is 18.1 Å². The number of nitrogens with one attached hydrogen (secondary N) is 1. The van der Waals surface area contributed by atoms with E-state index in [1.54, 1.807) is 55.6 Å². The number of hydrogen-bond acceptors (Lipinski definition) is 3. The van der Waals surface area contributed by atoms with Crippen LogP contribution in [0.5, 0.6) is 11.5 Å². The molecule has 0 aliphatic rings. The number of amides is 1. The van der Waals surface area contributed by atoms with Crippen molar-refractivity contribution in [1.82, 2.24) is 0 Å². The van der Waals surface area contributed by atoms with E-state index in [1.165, 1.54) is 0 Å². The first-order valence-electron chi connectivity index (χ1n) is 8.69. The van der Waals surface area contributed by atoms with Crippen molar-refractivity contribution in [2.45, 2.75) is 13.5 Å². The van der Waals surface area contributed by atoms with Gasteiger partial charge in [-0.15, -0.1) is 0 Å². The van der Waals surface area contributed by atoms with Gasteiger partial charge in [-0.05, 0) is 67.1 Å². The normalized spacial score (nSPS) is 10.5. The smallest absolute Gasteiger partial charge is 0.255 e. The third-order valence-corrected chi connectivity index (χ3v) is 5.23. The topological polar surface area (TPSA) is 47.6 Å². The van der Waals surface area contributed by atoms with Gasteiger partial charge >= 0.3 is 0 Å². The predicted molar refractivity (Wildman–Crippen MR) is 118 cm³/mol. The molecule has 0 radical (unpaired) electrons. The van der Waals surface area contributed by atoms with Gasteiger partial charge in [-0.1, -0.05) is 34.8 Å². The second-order valence-corrected chi connectivity index (χ2v) is 7.56. The van der Waals surface area contributed by atoms with E-state index in [-0.39, 0.29) is 12.5 Å². The first-order chi connectivity index (χ1) is 13.9. The molecule has 1 amide bonds. The van der Waals surface area contributed by atoms with Crippen molar-refractivity contribution < 1.29 is 14.3 Å². The zero-order valence-corrected chi connectivity index (χ0v) is 18.0. The molecule has 0 atom stereocenters. The van der Waals surface area contributed by atoms with Gasteiger partial charge in [0.05, 0.1) is 17.8 Å². The molecule has 0 saturated heterocycles. The highest BCUT2D eigenvalue weighted by Gasteiger charge is 2.13. The third kappa shape index (κ3) is 5.36. The highest BCUT2D eigenvalue weighted by Crippen LogP contribution is 2.28. The fourth-order valence-corrected chi connectivity index (χ4v) is 3.14. The first-order valence-corrected chi connectivity index (χ1v) is 9.83. The van der Waals surface area contributed by atoms with Crippen LogP contribution in [-0.2, 0) is 6.61 Å². The lowest BCUT2D eigenvalue weighted by molar-refractivity contribution is 0.102. The average Bonchev–Trinajstić information content (AvgIpc) is 2.71. The molecule has 4 nitrogen and oxygen atoms in total. The first kappa shape index (κ1) is 21.3. The number of methoxy groups -OCH3 is 1. The zero-order chi connectivity index (χ0) is 21.0. The van der Waals surface area contributed by atoms with E-state index in [4.69, 9.17) is 44.3 Å². The Morgan fingerprint density at radius 1 is 0.966 bits per heavy atom. The van der Waals surface area contributed by atoms with Gasteiger partial charge in [-0.25, -0.2) is 0 Å². The second kappa shape index (κ2) is 9.40. The molecule has 0 aromatic heterocycles. The lowest BCUT2D eigenvalue weighted by Crippen LogP contribution is -2.13. The van der Waals surface area contributed by atoms with Crippen LogP contribution in [0, 0.1) is 6.92 Å². The summed E-state index contributed by atoms with van der Waals surface area (Å²) < 4.78 is 11.2. The molecule has 3 rings (SSSR count). The molecular formula is C22H18Cl3NO3. The van der Waals surface area contributed by atoms with Gasteiger partial charge in [-0.3, -0.25) is 4.79 Å². The van der Waals surface area contributed by atoms with Crippen LogP contribution in [0.25, 0.3) is 0 Å². The van der Waals surface area contributed by atoms with Gasteiger partial charge in [0, 0.05) is 21.2 Å². The minimum Gasteiger partial charge on any atom is -0.496 e. The molecule has 0 unspecified atom stereocenters. The Morgan fingerprint density at radius 3 is 2.45 bits per heavy atom. The molecule has 0 saturated carbocycles. The molecule has 0 fully saturated rings. The maximum absolute atomic E-state index is 12.7. The fourth-order valence-electron chi connectivity index (χ4n) is 2.69. The Hall–Kier alpha value is -2.40. The molecule has 3 aromatic carbocycles. The molecule has 1 N–H and O–H groups in total. The SMILES string of the molecule is COc1ccc(C(=O)Nc2cc(Cl)ccc2Cl)cc1COc1ccc(Cl)c(C)c1. The number of aryl methyl sites for hydroxylation is 1. The van der Waals surface area contributed by atoms with E-state index in [1.807, 2.05) is 13.0 Å². The minimum absolute atomic E-state index is 0.225. The fraction of sp³-hybridized carbons (Fsp3) is 0.136. The molecule has 0 aliphatic carbocycles. The number of ether oxygens (including phenoxy) is 2. The van der Waals surface area contributed by atoms with E-state index in [0.717, 1.165) is 11.1 Å². The number of anilines is 1. The van der Waals surface area contributed by atoms with Gasteiger partial charge in [0.15, 0.2) is 0 Å². The standard InChI is InChI=1S/C22H18Cl3NO3/c1-13-9-17(5-7-18(13)24)29-12-15-10-14(3-8-21(15)28-2)22(27)26-20-11-16(23)4-6-19(20)25/h3-11H,12H2,1-2H3,(H,26,27).